The first kappa shape index (κ1) is 17.4. The van der Waals surface area contributed by atoms with Crippen LogP contribution in [0.1, 0.15) is 18.9 Å². The second kappa shape index (κ2) is 6.66. The lowest BCUT2D eigenvalue weighted by atomic mass is 10.0. The van der Waals surface area contributed by atoms with Gasteiger partial charge in [-0.1, -0.05) is 18.2 Å². The molecule has 1 heterocycles. The minimum absolute atomic E-state index is 0.0402. The highest BCUT2D eigenvalue weighted by atomic mass is 32.2. The number of hydrogen-bond acceptors (Lipinski definition) is 4. The van der Waals surface area contributed by atoms with Crippen molar-refractivity contribution in [3.63, 3.8) is 0 Å². The van der Waals surface area contributed by atoms with Gasteiger partial charge >= 0.3 is 6.61 Å². The number of amides is 1. The van der Waals surface area contributed by atoms with Crippen molar-refractivity contribution in [1.82, 2.24) is 5.32 Å². The number of sulfone groups is 1. The highest BCUT2D eigenvalue weighted by Gasteiger charge is 2.39. The lowest BCUT2D eigenvalue weighted by molar-refractivity contribution is -0.117. The van der Waals surface area contributed by atoms with Crippen molar-refractivity contribution in [1.29, 1.82) is 0 Å². The molecule has 0 aliphatic carbocycles. The van der Waals surface area contributed by atoms with Crippen molar-refractivity contribution in [3.05, 3.63) is 35.9 Å². The first-order valence-corrected chi connectivity index (χ1v) is 8.76. The smallest absolute Gasteiger partial charge is 0.387 e. The van der Waals surface area contributed by atoms with Gasteiger partial charge in [-0.15, -0.1) is 0 Å². The summed E-state index contributed by atoms with van der Waals surface area (Å²) in [6, 6.07) is 6.07. The van der Waals surface area contributed by atoms with Gasteiger partial charge in [0.25, 0.3) is 0 Å². The molecule has 0 aromatic heterocycles. The van der Waals surface area contributed by atoms with Crippen LogP contribution in [0.4, 0.5) is 8.78 Å². The van der Waals surface area contributed by atoms with E-state index in [1.165, 1.54) is 24.3 Å². The second-order valence-corrected chi connectivity index (χ2v) is 7.83. The average molecular weight is 345 g/mol. The fourth-order valence-corrected chi connectivity index (χ4v) is 4.53. The monoisotopic (exact) mass is 345 g/mol. The lowest BCUT2D eigenvalue weighted by Crippen LogP contribution is -2.46. The van der Waals surface area contributed by atoms with Gasteiger partial charge in [0.1, 0.15) is 5.75 Å². The van der Waals surface area contributed by atoms with Crippen molar-refractivity contribution in [2.24, 2.45) is 0 Å². The van der Waals surface area contributed by atoms with E-state index in [2.05, 4.69) is 10.1 Å². The average Bonchev–Trinajstić information content (AvgIpc) is 2.70. The van der Waals surface area contributed by atoms with Crippen molar-refractivity contribution in [2.45, 2.75) is 25.5 Å². The molecular formula is C15H17F2NO4S. The number of carbonyl (C=O) groups excluding carboxylic acids is 1. The number of carbonyl (C=O) groups is 1. The minimum atomic E-state index is -3.13. The molecule has 1 aromatic rings. The standard InChI is InChI=1S/C15H17F2NO4S/c1-15(8-9-23(20,21)10-15)18-13(19)7-6-11-4-2-3-5-12(11)22-14(16)17/h2-7,14H,8-10H2,1H3,(H,18,19)/b7-6+. The van der Waals surface area contributed by atoms with Crippen LogP contribution in [0.25, 0.3) is 6.08 Å². The molecule has 5 nitrogen and oxygen atoms in total. The van der Waals surface area contributed by atoms with Gasteiger partial charge in [0.15, 0.2) is 9.84 Å². The van der Waals surface area contributed by atoms with Gasteiger partial charge in [0, 0.05) is 11.6 Å². The van der Waals surface area contributed by atoms with Crippen LogP contribution in [0.3, 0.4) is 0 Å². The fraction of sp³-hybridized carbons (Fsp3) is 0.400. The summed E-state index contributed by atoms with van der Waals surface area (Å²) >= 11 is 0. The maximum Gasteiger partial charge on any atom is 0.387 e. The van der Waals surface area contributed by atoms with Crippen LogP contribution < -0.4 is 10.1 Å². The van der Waals surface area contributed by atoms with E-state index in [1.54, 1.807) is 19.1 Å². The summed E-state index contributed by atoms with van der Waals surface area (Å²) in [5.41, 5.74) is -0.480. The molecule has 2 rings (SSSR count). The molecule has 1 fully saturated rings. The Morgan fingerprint density at radius 1 is 1.39 bits per heavy atom. The van der Waals surface area contributed by atoms with Crippen molar-refractivity contribution >= 4 is 21.8 Å². The number of nitrogens with one attached hydrogen (secondary N) is 1. The quantitative estimate of drug-likeness (QED) is 0.829. The van der Waals surface area contributed by atoms with Crippen molar-refractivity contribution < 1.29 is 26.7 Å². The molecule has 1 aliphatic heterocycles. The van der Waals surface area contributed by atoms with E-state index in [0.29, 0.717) is 12.0 Å². The zero-order chi connectivity index (χ0) is 17.1. The number of hydrogen-bond donors (Lipinski definition) is 1. The number of alkyl halides is 2. The molecule has 1 amide bonds. The van der Waals surface area contributed by atoms with E-state index in [4.69, 9.17) is 0 Å². The van der Waals surface area contributed by atoms with E-state index in [1.807, 2.05) is 0 Å². The SMILES string of the molecule is CC1(NC(=O)/C=C/c2ccccc2OC(F)F)CCS(=O)(=O)C1. The van der Waals surface area contributed by atoms with Gasteiger partial charge in [-0.2, -0.15) is 8.78 Å². The summed E-state index contributed by atoms with van der Waals surface area (Å²) < 4.78 is 52.0. The molecule has 126 valence electrons. The maximum absolute atomic E-state index is 12.3. The summed E-state index contributed by atoms with van der Waals surface area (Å²) in [7, 11) is -3.13. The van der Waals surface area contributed by atoms with Gasteiger partial charge in [-0.3, -0.25) is 4.79 Å². The fourth-order valence-electron chi connectivity index (χ4n) is 2.44. The molecule has 0 spiro atoms. The summed E-state index contributed by atoms with van der Waals surface area (Å²) in [5.74, 6) is -0.596. The van der Waals surface area contributed by atoms with E-state index < -0.39 is 27.9 Å². The molecule has 0 bridgehead atoms. The van der Waals surface area contributed by atoms with Crippen LogP contribution in [0.2, 0.25) is 0 Å². The molecule has 1 unspecified atom stereocenters. The molecule has 1 N–H and O–H groups in total. The molecule has 0 radical (unpaired) electrons. The van der Waals surface area contributed by atoms with Crippen LogP contribution >= 0.6 is 0 Å². The molecular weight excluding hydrogens is 328 g/mol. The Kier molecular flexibility index (Phi) is 5.03. The van der Waals surface area contributed by atoms with Gasteiger partial charge in [-0.05, 0) is 25.5 Å². The lowest BCUT2D eigenvalue weighted by Gasteiger charge is -2.22. The predicted molar refractivity (Wildman–Crippen MR) is 81.9 cm³/mol. The Balaban J connectivity index is 2.05. The van der Waals surface area contributed by atoms with Gasteiger partial charge in [-0.25, -0.2) is 8.42 Å². The number of rotatable bonds is 5. The molecule has 1 aliphatic rings. The summed E-state index contributed by atoms with van der Waals surface area (Å²) in [6.45, 7) is -1.29. The van der Waals surface area contributed by atoms with Gasteiger partial charge < -0.3 is 10.1 Å². The summed E-state index contributed by atoms with van der Waals surface area (Å²) in [5, 5.41) is 2.65. The minimum Gasteiger partial charge on any atom is -0.434 e. The van der Waals surface area contributed by atoms with Crippen LogP contribution in [-0.4, -0.2) is 38.0 Å². The predicted octanol–water partition coefficient (Wildman–Crippen LogP) is 1.99. The molecule has 1 atom stereocenters. The first-order chi connectivity index (χ1) is 10.7. The zero-order valence-corrected chi connectivity index (χ0v) is 13.3. The number of halogens is 2. The molecule has 1 saturated heterocycles. The van der Waals surface area contributed by atoms with Crippen LogP contribution in [0.15, 0.2) is 30.3 Å². The van der Waals surface area contributed by atoms with Crippen molar-refractivity contribution in [3.8, 4) is 5.75 Å². The number of para-hydroxylation sites is 1. The Labute approximate surface area is 133 Å². The highest BCUT2D eigenvalue weighted by molar-refractivity contribution is 7.91. The molecule has 1 aromatic carbocycles. The van der Waals surface area contributed by atoms with E-state index in [0.717, 1.165) is 0 Å². The van der Waals surface area contributed by atoms with Gasteiger partial charge in [0.05, 0.1) is 17.0 Å². The summed E-state index contributed by atoms with van der Waals surface area (Å²) in [4.78, 5) is 11.9. The maximum atomic E-state index is 12.3. The van der Waals surface area contributed by atoms with Crippen LogP contribution in [0.5, 0.6) is 5.75 Å². The Bertz CT molecular complexity index is 718. The van der Waals surface area contributed by atoms with E-state index in [9.17, 15) is 22.0 Å². The van der Waals surface area contributed by atoms with Crippen molar-refractivity contribution in [2.75, 3.05) is 11.5 Å². The number of benzene rings is 1. The Morgan fingerprint density at radius 3 is 2.70 bits per heavy atom. The number of ether oxygens (including phenoxy) is 1. The third kappa shape index (κ3) is 5.02. The van der Waals surface area contributed by atoms with Crippen LogP contribution in [-0.2, 0) is 14.6 Å². The van der Waals surface area contributed by atoms with E-state index >= 15 is 0 Å². The third-order valence-corrected chi connectivity index (χ3v) is 5.38. The zero-order valence-electron chi connectivity index (χ0n) is 12.5. The van der Waals surface area contributed by atoms with Crippen LogP contribution in [0, 0.1) is 0 Å². The first-order valence-electron chi connectivity index (χ1n) is 6.94. The highest BCUT2D eigenvalue weighted by Crippen LogP contribution is 2.24. The topological polar surface area (TPSA) is 72.5 Å². The molecule has 23 heavy (non-hydrogen) atoms. The Hall–Kier alpha value is -1.96. The third-order valence-electron chi connectivity index (χ3n) is 3.48. The molecule has 0 saturated carbocycles. The summed E-state index contributed by atoms with van der Waals surface area (Å²) in [6.07, 6.45) is 2.86. The molecule has 8 heteroatoms. The largest absolute Gasteiger partial charge is 0.434 e. The normalized spacial score (nSPS) is 23.3. The van der Waals surface area contributed by atoms with E-state index in [-0.39, 0.29) is 17.3 Å². The second-order valence-electron chi connectivity index (χ2n) is 5.64. The van der Waals surface area contributed by atoms with Gasteiger partial charge in [0.2, 0.25) is 5.91 Å². The Morgan fingerprint density at radius 2 is 2.09 bits per heavy atom.